The van der Waals surface area contributed by atoms with Crippen LogP contribution >= 0.6 is 0 Å². The number of nitrogens with zero attached hydrogens (tertiary/aromatic N) is 5. The topological polar surface area (TPSA) is 37.2 Å². The van der Waals surface area contributed by atoms with E-state index in [1.165, 1.54) is 69.2 Å². The van der Waals surface area contributed by atoms with Gasteiger partial charge in [-0.1, -0.05) is 25.3 Å². The van der Waals surface area contributed by atoms with Crippen LogP contribution in [-0.2, 0) is 19.6 Å². The zero-order valence-corrected chi connectivity index (χ0v) is 18.0. The van der Waals surface area contributed by atoms with Crippen LogP contribution < -0.4 is 0 Å². The monoisotopic (exact) mass is 395 g/mol. The molecule has 1 saturated heterocycles. The zero-order valence-electron chi connectivity index (χ0n) is 18.0. The van der Waals surface area contributed by atoms with E-state index in [1.807, 2.05) is 29.3 Å². The molecular formula is C24H37N5. The first-order valence-electron chi connectivity index (χ1n) is 11.7. The highest BCUT2D eigenvalue weighted by atomic mass is 15.3. The lowest BCUT2D eigenvalue weighted by Crippen LogP contribution is -2.46. The molecule has 0 radical (unpaired) electrons. The third kappa shape index (κ3) is 5.89. The molecule has 158 valence electrons. The SMILES string of the molecule is CCn1cc(CN(Cc2cccnc2)C[C@@H]2CCCN(C3CCCCC3)C2)cn1. The Labute approximate surface area is 176 Å². The summed E-state index contributed by atoms with van der Waals surface area (Å²) < 4.78 is 2.03. The van der Waals surface area contributed by atoms with Gasteiger partial charge in [0.25, 0.3) is 0 Å². The van der Waals surface area contributed by atoms with Crippen LogP contribution in [0.25, 0.3) is 0 Å². The average molecular weight is 396 g/mol. The smallest absolute Gasteiger partial charge is 0.0534 e. The number of aromatic nitrogens is 3. The first-order chi connectivity index (χ1) is 14.3. The highest BCUT2D eigenvalue weighted by Crippen LogP contribution is 2.28. The van der Waals surface area contributed by atoms with E-state index < -0.39 is 0 Å². The normalized spacial score (nSPS) is 21.7. The second kappa shape index (κ2) is 10.4. The summed E-state index contributed by atoms with van der Waals surface area (Å²) in [6.45, 7) is 8.76. The fourth-order valence-electron chi connectivity index (χ4n) is 5.24. The molecule has 1 saturated carbocycles. The first kappa shape index (κ1) is 20.5. The molecule has 1 aliphatic heterocycles. The lowest BCUT2D eigenvalue weighted by Gasteiger charge is -2.41. The van der Waals surface area contributed by atoms with E-state index in [0.29, 0.717) is 0 Å². The largest absolute Gasteiger partial charge is 0.300 e. The molecule has 1 atom stereocenters. The minimum Gasteiger partial charge on any atom is -0.300 e. The summed E-state index contributed by atoms with van der Waals surface area (Å²) in [7, 11) is 0. The van der Waals surface area contributed by atoms with Crippen molar-refractivity contribution < 1.29 is 0 Å². The Bertz CT molecular complexity index is 722. The van der Waals surface area contributed by atoms with E-state index >= 15 is 0 Å². The standard InChI is InChI=1S/C24H37N5/c1-2-29-20-23(15-26-29)18-27(16-21-8-6-12-25-14-21)17-22-9-7-13-28(19-22)24-10-4-3-5-11-24/h6,8,12,14-15,20,22,24H,2-5,7,9-11,13,16-19H2,1H3/t22-/m0/s1. The molecule has 0 bridgehead atoms. The minimum absolute atomic E-state index is 0.767. The fourth-order valence-corrected chi connectivity index (χ4v) is 5.24. The molecule has 2 aliphatic rings. The van der Waals surface area contributed by atoms with Crippen molar-refractivity contribution in [3.8, 4) is 0 Å². The van der Waals surface area contributed by atoms with E-state index in [4.69, 9.17) is 0 Å². The van der Waals surface area contributed by atoms with E-state index in [9.17, 15) is 0 Å². The predicted molar refractivity (Wildman–Crippen MR) is 117 cm³/mol. The Hall–Kier alpha value is -1.72. The van der Waals surface area contributed by atoms with Crippen molar-refractivity contribution in [2.75, 3.05) is 19.6 Å². The minimum atomic E-state index is 0.767. The van der Waals surface area contributed by atoms with Gasteiger partial charge in [0.2, 0.25) is 0 Å². The van der Waals surface area contributed by atoms with Crippen molar-refractivity contribution in [3.05, 3.63) is 48.0 Å². The molecule has 4 rings (SSSR count). The van der Waals surface area contributed by atoms with Crippen LogP contribution in [0.1, 0.15) is 63.0 Å². The molecule has 29 heavy (non-hydrogen) atoms. The van der Waals surface area contributed by atoms with Crippen molar-refractivity contribution in [2.24, 2.45) is 5.92 Å². The van der Waals surface area contributed by atoms with Gasteiger partial charge in [0, 0.05) is 62.9 Å². The number of piperidine rings is 1. The highest BCUT2D eigenvalue weighted by molar-refractivity contribution is 5.10. The van der Waals surface area contributed by atoms with Crippen molar-refractivity contribution in [3.63, 3.8) is 0 Å². The zero-order chi connectivity index (χ0) is 19.9. The lowest BCUT2D eigenvalue weighted by molar-refractivity contribution is 0.0771. The molecule has 1 aliphatic carbocycles. The molecule has 2 aromatic heterocycles. The number of pyridine rings is 1. The van der Waals surface area contributed by atoms with Gasteiger partial charge >= 0.3 is 0 Å². The molecule has 0 unspecified atom stereocenters. The van der Waals surface area contributed by atoms with Crippen LogP contribution in [0, 0.1) is 5.92 Å². The Morgan fingerprint density at radius 2 is 1.90 bits per heavy atom. The second-order valence-electron chi connectivity index (χ2n) is 9.03. The van der Waals surface area contributed by atoms with E-state index in [-0.39, 0.29) is 0 Å². The summed E-state index contributed by atoms with van der Waals surface area (Å²) in [5.41, 5.74) is 2.62. The van der Waals surface area contributed by atoms with Gasteiger partial charge in [-0.25, -0.2) is 0 Å². The Morgan fingerprint density at radius 1 is 1.03 bits per heavy atom. The third-order valence-electron chi connectivity index (χ3n) is 6.70. The van der Waals surface area contributed by atoms with Gasteiger partial charge in [-0.15, -0.1) is 0 Å². The molecule has 0 amide bonds. The number of hydrogen-bond acceptors (Lipinski definition) is 4. The van der Waals surface area contributed by atoms with Gasteiger partial charge in [0.15, 0.2) is 0 Å². The summed E-state index contributed by atoms with van der Waals surface area (Å²) in [5.74, 6) is 0.767. The van der Waals surface area contributed by atoms with Crippen LogP contribution in [0.5, 0.6) is 0 Å². The van der Waals surface area contributed by atoms with Gasteiger partial charge < -0.3 is 4.90 Å². The molecule has 0 aromatic carbocycles. The van der Waals surface area contributed by atoms with Crippen molar-refractivity contribution >= 4 is 0 Å². The number of aryl methyl sites for hydroxylation is 1. The van der Waals surface area contributed by atoms with Gasteiger partial charge in [-0.3, -0.25) is 14.6 Å². The average Bonchev–Trinajstić information content (AvgIpc) is 3.23. The molecule has 0 N–H and O–H groups in total. The number of hydrogen-bond donors (Lipinski definition) is 0. The fraction of sp³-hybridized carbons (Fsp3) is 0.667. The maximum atomic E-state index is 4.48. The second-order valence-corrected chi connectivity index (χ2v) is 9.03. The van der Waals surface area contributed by atoms with Gasteiger partial charge in [-0.2, -0.15) is 5.10 Å². The van der Waals surface area contributed by atoms with Gasteiger partial charge in [0.05, 0.1) is 6.20 Å². The summed E-state index contributed by atoms with van der Waals surface area (Å²) in [4.78, 5) is 9.77. The third-order valence-corrected chi connectivity index (χ3v) is 6.70. The summed E-state index contributed by atoms with van der Waals surface area (Å²) in [6, 6.07) is 5.10. The van der Waals surface area contributed by atoms with E-state index in [2.05, 4.69) is 39.1 Å². The quantitative estimate of drug-likeness (QED) is 0.666. The van der Waals surface area contributed by atoms with Gasteiger partial charge in [-0.05, 0) is 56.7 Å². The van der Waals surface area contributed by atoms with Crippen LogP contribution in [0.3, 0.4) is 0 Å². The maximum absolute atomic E-state index is 4.48. The highest BCUT2D eigenvalue weighted by Gasteiger charge is 2.28. The van der Waals surface area contributed by atoms with Crippen molar-refractivity contribution in [1.29, 1.82) is 0 Å². The van der Waals surface area contributed by atoms with Crippen LogP contribution in [0.2, 0.25) is 0 Å². The van der Waals surface area contributed by atoms with Crippen LogP contribution in [-0.4, -0.2) is 50.2 Å². The molecule has 5 nitrogen and oxygen atoms in total. The molecule has 2 aromatic rings. The summed E-state index contributed by atoms with van der Waals surface area (Å²) >= 11 is 0. The molecule has 2 fully saturated rings. The Balaban J connectivity index is 1.40. The molecule has 3 heterocycles. The van der Waals surface area contributed by atoms with E-state index in [1.54, 1.807) is 0 Å². The van der Waals surface area contributed by atoms with Crippen molar-refractivity contribution in [2.45, 2.75) is 77.5 Å². The first-order valence-corrected chi connectivity index (χ1v) is 11.7. The van der Waals surface area contributed by atoms with Gasteiger partial charge in [0.1, 0.15) is 0 Å². The summed E-state index contributed by atoms with van der Waals surface area (Å²) in [6.07, 6.45) is 18.0. The van der Waals surface area contributed by atoms with E-state index in [0.717, 1.165) is 38.1 Å². The Kier molecular flexibility index (Phi) is 7.33. The summed E-state index contributed by atoms with van der Waals surface area (Å²) in [5, 5.41) is 4.48. The number of likely N-dealkylation sites (tertiary alicyclic amines) is 1. The number of rotatable bonds is 8. The molecular weight excluding hydrogens is 358 g/mol. The van der Waals surface area contributed by atoms with Crippen molar-refractivity contribution in [1.82, 2.24) is 24.6 Å². The predicted octanol–water partition coefficient (Wildman–Crippen LogP) is 4.34. The Morgan fingerprint density at radius 3 is 2.66 bits per heavy atom. The maximum Gasteiger partial charge on any atom is 0.0534 e. The van der Waals surface area contributed by atoms with Crippen LogP contribution in [0.4, 0.5) is 0 Å². The lowest BCUT2D eigenvalue weighted by atomic mass is 9.90. The molecule has 5 heteroatoms. The van der Waals surface area contributed by atoms with Crippen LogP contribution in [0.15, 0.2) is 36.9 Å². The molecule has 0 spiro atoms.